The van der Waals surface area contributed by atoms with Gasteiger partial charge in [-0.3, -0.25) is 4.79 Å². The van der Waals surface area contributed by atoms with Gasteiger partial charge in [-0.1, -0.05) is 30.4 Å². The molecule has 6 nitrogen and oxygen atoms in total. The quantitative estimate of drug-likeness (QED) is 0.445. The van der Waals surface area contributed by atoms with Gasteiger partial charge >= 0.3 is 6.36 Å². The number of amides is 1. The summed E-state index contributed by atoms with van der Waals surface area (Å²) in [4.78, 5) is 14.5. The number of benzene rings is 2. The average Bonchev–Trinajstić information content (AvgIpc) is 2.81. The van der Waals surface area contributed by atoms with Gasteiger partial charge in [0.25, 0.3) is 0 Å². The molecule has 2 aromatic rings. The van der Waals surface area contributed by atoms with E-state index in [9.17, 15) is 18.0 Å². The van der Waals surface area contributed by atoms with Gasteiger partial charge < -0.3 is 23.8 Å². The smallest absolute Gasteiger partial charge is 0.493 e. The number of hydrogen-bond donors (Lipinski definition) is 0. The minimum absolute atomic E-state index is 0.165. The second-order valence-electron chi connectivity index (χ2n) is 7.06. The molecule has 0 N–H and O–H groups in total. The number of halogens is 3. The van der Waals surface area contributed by atoms with Crippen LogP contribution in [0.1, 0.15) is 11.1 Å². The Morgan fingerprint density at radius 1 is 1.00 bits per heavy atom. The van der Waals surface area contributed by atoms with E-state index in [0.29, 0.717) is 54.5 Å². The molecule has 0 aromatic heterocycles. The predicted octanol–water partition coefficient (Wildman–Crippen LogP) is 4.56. The molecule has 0 aliphatic carbocycles. The summed E-state index contributed by atoms with van der Waals surface area (Å²) in [6.45, 7) is 1.96. The van der Waals surface area contributed by atoms with E-state index in [-0.39, 0.29) is 11.7 Å². The van der Waals surface area contributed by atoms with Crippen molar-refractivity contribution < 1.29 is 36.9 Å². The molecular formula is C24H24F3NO5. The van der Waals surface area contributed by atoms with Gasteiger partial charge in [0.2, 0.25) is 5.91 Å². The van der Waals surface area contributed by atoms with Crippen molar-refractivity contribution in [2.45, 2.75) is 6.36 Å². The van der Waals surface area contributed by atoms with Gasteiger partial charge in [-0.2, -0.15) is 0 Å². The molecule has 0 unspecified atom stereocenters. The third-order valence-corrected chi connectivity index (χ3v) is 4.89. The van der Waals surface area contributed by atoms with Gasteiger partial charge in [0.1, 0.15) is 5.75 Å². The number of allylic oxidation sites excluding steroid dienone is 2. The highest BCUT2D eigenvalue weighted by atomic mass is 19.4. The molecule has 3 rings (SSSR count). The van der Waals surface area contributed by atoms with Crippen LogP contribution in [0.4, 0.5) is 13.2 Å². The minimum atomic E-state index is -4.75. The number of hydrogen-bond acceptors (Lipinski definition) is 5. The summed E-state index contributed by atoms with van der Waals surface area (Å²) in [5, 5.41) is 0. The molecule has 0 atom stereocenters. The molecule has 2 aromatic carbocycles. The molecule has 9 heteroatoms. The zero-order chi connectivity index (χ0) is 23.8. The summed E-state index contributed by atoms with van der Waals surface area (Å²) >= 11 is 0. The number of morpholine rings is 1. The molecule has 1 aliphatic rings. The molecule has 0 bridgehead atoms. The number of ether oxygens (including phenoxy) is 4. The van der Waals surface area contributed by atoms with Gasteiger partial charge in [0.15, 0.2) is 11.5 Å². The van der Waals surface area contributed by atoms with Crippen molar-refractivity contribution in [3.05, 3.63) is 65.7 Å². The topological polar surface area (TPSA) is 57.2 Å². The lowest BCUT2D eigenvalue weighted by molar-refractivity contribution is -0.274. The van der Waals surface area contributed by atoms with Crippen molar-refractivity contribution in [1.29, 1.82) is 0 Å². The summed E-state index contributed by atoms with van der Waals surface area (Å²) in [7, 11) is 3.05. The molecular weight excluding hydrogens is 439 g/mol. The first kappa shape index (κ1) is 24.2. The number of carbonyl (C=O) groups is 1. The maximum absolute atomic E-state index is 12.8. The zero-order valence-corrected chi connectivity index (χ0v) is 18.2. The summed E-state index contributed by atoms with van der Waals surface area (Å²) in [6, 6.07) is 10.7. The Hall–Kier alpha value is -3.46. The first-order valence-corrected chi connectivity index (χ1v) is 10.1. The SMILES string of the molecule is COc1ccc(C(C=Cc2ccc(OC(F)(F)F)cc2)=CC(=O)N2CCOCC2)cc1OC. The molecule has 176 valence electrons. The average molecular weight is 463 g/mol. The van der Waals surface area contributed by atoms with E-state index in [4.69, 9.17) is 14.2 Å². The molecule has 1 fully saturated rings. The van der Waals surface area contributed by atoms with Crippen LogP contribution in [0.5, 0.6) is 17.2 Å². The highest BCUT2D eigenvalue weighted by Crippen LogP contribution is 2.31. The Balaban J connectivity index is 1.90. The number of methoxy groups -OCH3 is 2. The molecule has 1 saturated heterocycles. The van der Waals surface area contributed by atoms with E-state index in [1.54, 1.807) is 35.3 Å². The molecule has 0 spiro atoms. The van der Waals surface area contributed by atoms with E-state index >= 15 is 0 Å². The third-order valence-electron chi connectivity index (χ3n) is 4.89. The van der Waals surface area contributed by atoms with Crippen LogP contribution in [0.2, 0.25) is 0 Å². The zero-order valence-electron chi connectivity index (χ0n) is 18.2. The van der Waals surface area contributed by atoms with Crippen LogP contribution in [-0.2, 0) is 9.53 Å². The molecule has 1 aliphatic heterocycles. The van der Waals surface area contributed by atoms with Crippen molar-refractivity contribution in [3.8, 4) is 17.2 Å². The van der Waals surface area contributed by atoms with Crippen molar-refractivity contribution in [3.63, 3.8) is 0 Å². The fourth-order valence-corrected chi connectivity index (χ4v) is 3.22. The van der Waals surface area contributed by atoms with E-state index in [1.165, 1.54) is 44.6 Å². The van der Waals surface area contributed by atoms with Crippen molar-refractivity contribution >= 4 is 17.6 Å². The molecule has 1 heterocycles. The molecule has 1 amide bonds. The van der Waals surface area contributed by atoms with Crippen LogP contribution in [0.25, 0.3) is 11.6 Å². The van der Waals surface area contributed by atoms with Crippen LogP contribution in [0.3, 0.4) is 0 Å². The van der Waals surface area contributed by atoms with Crippen LogP contribution in [0, 0.1) is 0 Å². The van der Waals surface area contributed by atoms with Gasteiger partial charge in [0.05, 0.1) is 27.4 Å². The predicted molar refractivity (Wildman–Crippen MR) is 117 cm³/mol. The van der Waals surface area contributed by atoms with Crippen LogP contribution >= 0.6 is 0 Å². The first-order chi connectivity index (χ1) is 15.8. The van der Waals surface area contributed by atoms with Crippen LogP contribution < -0.4 is 14.2 Å². The Morgan fingerprint density at radius 2 is 1.67 bits per heavy atom. The van der Waals surface area contributed by atoms with Gasteiger partial charge in [-0.25, -0.2) is 0 Å². The Labute approximate surface area is 189 Å². The third kappa shape index (κ3) is 7.01. The standard InChI is InChI=1S/C24H24F3NO5/c1-30-21-10-7-18(15-22(21)31-2)19(16-23(29)28-11-13-32-14-12-28)6-3-17-4-8-20(9-5-17)33-24(25,26)27/h3-10,15-16H,11-14H2,1-2H3. The number of alkyl halides is 3. The minimum Gasteiger partial charge on any atom is -0.493 e. The van der Waals surface area contributed by atoms with Gasteiger partial charge in [-0.15, -0.1) is 13.2 Å². The Bertz CT molecular complexity index is 1010. The monoisotopic (exact) mass is 463 g/mol. The molecule has 33 heavy (non-hydrogen) atoms. The summed E-state index contributed by atoms with van der Waals surface area (Å²) in [5.74, 6) is 0.575. The Morgan fingerprint density at radius 3 is 2.27 bits per heavy atom. The second kappa shape index (κ2) is 10.9. The second-order valence-corrected chi connectivity index (χ2v) is 7.06. The highest BCUT2D eigenvalue weighted by molar-refractivity contribution is 5.98. The van der Waals surface area contributed by atoms with Crippen LogP contribution in [0.15, 0.2) is 54.6 Å². The van der Waals surface area contributed by atoms with Crippen molar-refractivity contribution in [2.24, 2.45) is 0 Å². The number of rotatable bonds is 7. The number of nitrogens with zero attached hydrogens (tertiary/aromatic N) is 1. The maximum atomic E-state index is 12.8. The lowest BCUT2D eigenvalue weighted by atomic mass is 10.0. The van der Waals surface area contributed by atoms with Gasteiger partial charge in [-0.05, 0) is 41.0 Å². The lowest BCUT2D eigenvalue weighted by Gasteiger charge is -2.26. The van der Waals surface area contributed by atoms with Crippen molar-refractivity contribution in [2.75, 3.05) is 40.5 Å². The molecule has 0 radical (unpaired) electrons. The first-order valence-electron chi connectivity index (χ1n) is 10.1. The molecule has 0 saturated carbocycles. The summed E-state index contributed by atoms with van der Waals surface area (Å²) in [5.41, 5.74) is 1.94. The summed E-state index contributed by atoms with van der Waals surface area (Å²) in [6.07, 6.45) is 0.191. The normalized spacial score (nSPS) is 14.9. The summed E-state index contributed by atoms with van der Waals surface area (Å²) < 4.78 is 57.0. The van der Waals surface area contributed by atoms with Crippen LogP contribution in [-0.4, -0.2) is 57.7 Å². The van der Waals surface area contributed by atoms with E-state index < -0.39 is 6.36 Å². The number of carbonyl (C=O) groups excluding carboxylic acids is 1. The fourth-order valence-electron chi connectivity index (χ4n) is 3.22. The van der Waals surface area contributed by atoms with Crippen molar-refractivity contribution in [1.82, 2.24) is 4.90 Å². The highest BCUT2D eigenvalue weighted by Gasteiger charge is 2.30. The van der Waals surface area contributed by atoms with E-state index in [1.807, 2.05) is 0 Å². The maximum Gasteiger partial charge on any atom is 0.573 e. The van der Waals surface area contributed by atoms with Gasteiger partial charge in [0, 0.05) is 19.2 Å². The largest absolute Gasteiger partial charge is 0.573 e. The Kier molecular flexibility index (Phi) is 8.00. The van der Waals surface area contributed by atoms with E-state index in [0.717, 1.165) is 0 Å². The fraction of sp³-hybridized carbons (Fsp3) is 0.292. The lowest BCUT2D eigenvalue weighted by Crippen LogP contribution is -2.39. The van der Waals surface area contributed by atoms with E-state index in [2.05, 4.69) is 4.74 Å².